The number of likely N-dealkylation sites (N-methyl/N-ethyl adjacent to an activating group) is 1. The Kier molecular flexibility index (Phi) is 4.39. The van der Waals surface area contributed by atoms with Crippen LogP contribution in [-0.2, 0) is 9.53 Å². The van der Waals surface area contributed by atoms with E-state index < -0.39 is 0 Å². The molecule has 3 heterocycles. The fourth-order valence-corrected chi connectivity index (χ4v) is 3.23. The molecule has 2 fully saturated rings. The van der Waals surface area contributed by atoms with Gasteiger partial charge >= 0.3 is 0 Å². The van der Waals surface area contributed by atoms with Crippen molar-refractivity contribution in [2.45, 2.75) is 32.4 Å². The van der Waals surface area contributed by atoms with E-state index in [2.05, 4.69) is 5.10 Å². The number of amides is 2. The number of rotatable bonds is 2. The lowest BCUT2D eigenvalue weighted by atomic mass is 9.94. The highest BCUT2D eigenvalue weighted by molar-refractivity contribution is 5.92. The third-order valence-corrected chi connectivity index (χ3v) is 4.66. The van der Waals surface area contributed by atoms with Gasteiger partial charge in [-0.05, 0) is 26.3 Å². The molecule has 7 heteroatoms. The summed E-state index contributed by atoms with van der Waals surface area (Å²) in [7, 11) is 1.79. The van der Waals surface area contributed by atoms with Gasteiger partial charge < -0.3 is 14.5 Å². The third-order valence-electron chi connectivity index (χ3n) is 4.66. The first-order chi connectivity index (χ1) is 11.0. The van der Waals surface area contributed by atoms with Crippen LogP contribution in [0.15, 0.2) is 12.3 Å². The maximum Gasteiger partial charge on any atom is 0.274 e. The second-order valence-electron chi connectivity index (χ2n) is 6.70. The molecule has 126 valence electrons. The zero-order valence-electron chi connectivity index (χ0n) is 13.9. The quantitative estimate of drug-likeness (QED) is 0.808. The summed E-state index contributed by atoms with van der Waals surface area (Å²) in [5, 5.41) is 4.36. The first kappa shape index (κ1) is 16.0. The number of likely N-dealkylation sites (tertiary alicyclic amines) is 1. The highest BCUT2D eigenvalue weighted by Gasteiger charge is 2.36. The Bertz CT molecular complexity index is 598. The Morgan fingerprint density at radius 2 is 2.17 bits per heavy atom. The van der Waals surface area contributed by atoms with Gasteiger partial charge in [-0.25, -0.2) is 0 Å². The molecular weight excluding hydrogens is 296 g/mol. The smallest absolute Gasteiger partial charge is 0.274 e. The summed E-state index contributed by atoms with van der Waals surface area (Å²) >= 11 is 0. The molecule has 0 saturated carbocycles. The predicted octanol–water partition coefficient (Wildman–Crippen LogP) is 0.783. The topological polar surface area (TPSA) is 67.7 Å². The number of nitrogens with zero attached hydrogens (tertiary/aromatic N) is 4. The van der Waals surface area contributed by atoms with Crippen LogP contribution in [0.2, 0.25) is 0 Å². The first-order valence-electron chi connectivity index (χ1n) is 8.15. The van der Waals surface area contributed by atoms with Gasteiger partial charge in [-0.1, -0.05) is 0 Å². The number of carbonyl (C=O) groups is 2. The number of hydrogen-bond donors (Lipinski definition) is 0. The molecule has 1 aromatic rings. The average Bonchev–Trinajstić information content (AvgIpc) is 2.97. The fraction of sp³-hybridized carbons (Fsp3) is 0.688. The molecule has 0 radical (unpaired) electrons. The number of piperidine rings is 1. The molecule has 2 amide bonds. The molecule has 2 aliphatic rings. The minimum absolute atomic E-state index is 0.00736. The van der Waals surface area contributed by atoms with E-state index in [1.165, 1.54) is 0 Å². The molecular formula is C16H24N4O3. The SMILES string of the molecule is CC(C)n1ccc(C(=O)N2CC[C@@H]3OCC(=O)N(C)C[C@H]3C2)n1. The van der Waals surface area contributed by atoms with Crippen molar-refractivity contribution in [3.05, 3.63) is 18.0 Å². The van der Waals surface area contributed by atoms with E-state index >= 15 is 0 Å². The summed E-state index contributed by atoms with van der Waals surface area (Å²) in [6.07, 6.45) is 2.66. The van der Waals surface area contributed by atoms with E-state index in [1.807, 2.05) is 24.9 Å². The fourth-order valence-electron chi connectivity index (χ4n) is 3.23. The van der Waals surface area contributed by atoms with Gasteiger partial charge in [-0.3, -0.25) is 14.3 Å². The highest BCUT2D eigenvalue weighted by Crippen LogP contribution is 2.24. The zero-order valence-corrected chi connectivity index (χ0v) is 13.9. The van der Waals surface area contributed by atoms with Crippen molar-refractivity contribution in [1.29, 1.82) is 0 Å². The average molecular weight is 320 g/mol. The van der Waals surface area contributed by atoms with Crippen molar-refractivity contribution < 1.29 is 14.3 Å². The standard InChI is InChI=1S/C16H24N4O3/c1-11(2)20-7-4-13(17-20)16(22)19-6-5-14-12(9-19)8-18(3)15(21)10-23-14/h4,7,11-12,14H,5-6,8-10H2,1-3H3/t12-,14-/m0/s1. The van der Waals surface area contributed by atoms with Crippen LogP contribution in [0.3, 0.4) is 0 Å². The number of aromatic nitrogens is 2. The van der Waals surface area contributed by atoms with E-state index in [9.17, 15) is 9.59 Å². The largest absolute Gasteiger partial charge is 0.368 e. The summed E-state index contributed by atoms with van der Waals surface area (Å²) in [4.78, 5) is 28.0. The lowest BCUT2D eigenvalue weighted by Gasteiger charge is -2.37. The molecule has 0 aromatic carbocycles. The maximum absolute atomic E-state index is 12.7. The van der Waals surface area contributed by atoms with Crippen molar-refractivity contribution in [2.75, 3.05) is 33.3 Å². The Labute approximate surface area is 136 Å². The van der Waals surface area contributed by atoms with Crippen LogP contribution in [0, 0.1) is 5.92 Å². The predicted molar refractivity (Wildman–Crippen MR) is 84.0 cm³/mol. The monoisotopic (exact) mass is 320 g/mol. The molecule has 7 nitrogen and oxygen atoms in total. The van der Waals surface area contributed by atoms with Crippen LogP contribution in [0.4, 0.5) is 0 Å². The Hall–Kier alpha value is -1.89. The minimum atomic E-state index is -0.0407. The van der Waals surface area contributed by atoms with Gasteiger partial charge in [0.05, 0.1) is 6.10 Å². The molecule has 0 bridgehead atoms. The molecule has 0 spiro atoms. The van der Waals surface area contributed by atoms with Gasteiger partial charge in [0.15, 0.2) is 0 Å². The van der Waals surface area contributed by atoms with Gasteiger partial charge in [0.25, 0.3) is 5.91 Å². The van der Waals surface area contributed by atoms with E-state index in [0.717, 1.165) is 6.42 Å². The summed E-state index contributed by atoms with van der Waals surface area (Å²) in [6.45, 7) is 6.09. The number of fused-ring (bicyclic) bond motifs is 1. The van der Waals surface area contributed by atoms with Crippen LogP contribution >= 0.6 is 0 Å². The summed E-state index contributed by atoms with van der Waals surface area (Å²) in [5.41, 5.74) is 0.483. The maximum atomic E-state index is 12.7. The van der Waals surface area contributed by atoms with Gasteiger partial charge in [0.2, 0.25) is 5.91 Å². The lowest BCUT2D eigenvalue weighted by Crippen LogP contribution is -2.49. The molecule has 2 atom stereocenters. The second kappa shape index (κ2) is 6.31. The van der Waals surface area contributed by atoms with Crippen LogP contribution in [-0.4, -0.2) is 70.8 Å². The van der Waals surface area contributed by atoms with Crippen LogP contribution in [0.25, 0.3) is 0 Å². The van der Waals surface area contributed by atoms with E-state index in [4.69, 9.17) is 4.74 Å². The van der Waals surface area contributed by atoms with Gasteiger partial charge in [-0.15, -0.1) is 0 Å². The number of hydrogen-bond acceptors (Lipinski definition) is 4. The molecule has 2 saturated heterocycles. The van der Waals surface area contributed by atoms with Crippen molar-refractivity contribution >= 4 is 11.8 Å². The van der Waals surface area contributed by atoms with E-state index in [-0.39, 0.29) is 36.5 Å². The summed E-state index contributed by atoms with van der Waals surface area (Å²) in [5.74, 6) is 0.130. The number of carbonyl (C=O) groups excluding carboxylic acids is 2. The number of ether oxygens (including phenoxy) is 1. The zero-order chi connectivity index (χ0) is 16.6. The van der Waals surface area contributed by atoms with Crippen molar-refractivity contribution in [2.24, 2.45) is 5.92 Å². The van der Waals surface area contributed by atoms with Gasteiger partial charge in [-0.2, -0.15) is 5.10 Å². The van der Waals surface area contributed by atoms with Gasteiger partial charge in [0.1, 0.15) is 12.3 Å². The summed E-state index contributed by atoms with van der Waals surface area (Å²) < 4.78 is 7.50. The van der Waals surface area contributed by atoms with Crippen molar-refractivity contribution in [3.8, 4) is 0 Å². The molecule has 0 N–H and O–H groups in total. The molecule has 1 aromatic heterocycles. The van der Waals surface area contributed by atoms with Crippen molar-refractivity contribution in [3.63, 3.8) is 0 Å². The molecule has 23 heavy (non-hydrogen) atoms. The molecule has 2 aliphatic heterocycles. The summed E-state index contributed by atoms with van der Waals surface area (Å²) in [6, 6.07) is 2.01. The molecule has 0 unspecified atom stereocenters. The van der Waals surface area contributed by atoms with Crippen LogP contribution in [0.1, 0.15) is 36.8 Å². The molecule has 0 aliphatic carbocycles. The highest BCUT2D eigenvalue weighted by atomic mass is 16.5. The Morgan fingerprint density at radius 3 is 2.87 bits per heavy atom. The molecule has 3 rings (SSSR count). The Balaban J connectivity index is 1.69. The van der Waals surface area contributed by atoms with Gasteiger partial charge in [0, 0.05) is 44.8 Å². The van der Waals surface area contributed by atoms with Crippen LogP contribution in [0.5, 0.6) is 0 Å². The minimum Gasteiger partial charge on any atom is -0.368 e. The lowest BCUT2D eigenvalue weighted by molar-refractivity contribution is -0.133. The normalized spacial score (nSPS) is 25.5. The second-order valence-corrected chi connectivity index (χ2v) is 6.70. The first-order valence-corrected chi connectivity index (χ1v) is 8.15. The van der Waals surface area contributed by atoms with Crippen molar-refractivity contribution in [1.82, 2.24) is 19.6 Å². The van der Waals surface area contributed by atoms with E-state index in [0.29, 0.717) is 25.3 Å². The third kappa shape index (κ3) is 3.24. The van der Waals surface area contributed by atoms with Crippen LogP contribution < -0.4 is 0 Å². The Morgan fingerprint density at radius 1 is 1.39 bits per heavy atom. The van der Waals surface area contributed by atoms with E-state index in [1.54, 1.807) is 22.7 Å².